The molecule has 0 unspecified atom stereocenters. The van der Waals surface area contributed by atoms with E-state index in [1.54, 1.807) is 0 Å². The molecule has 0 aliphatic rings. The number of aryl methyl sites for hydroxylation is 1. The number of rotatable bonds is 2. The van der Waals surface area contributed by atoms with E-state index >= 15 is 0 Å². The highest BCUT2D eigenvalue weighted by atomic mass is 32.2. The Kier molecular flexibility index (Phi) is 5.81. The molecule has 0 heterocycles. The zero-order valence-electron chi connectivity index (χ0n) is 10.6. The Bertz CT molecular complexity index is 452. The van der Waals surface area contributed by atoms with Gasteiger partial charge in [-0.15, -0.1) is 0 Å². The van der Waals surface area contributed by atoms with Gasteiger partial charge in [-0.1, -0.05) is 56.3 Å². The lowest BCUT2D eigenvalue weighted by molar-refractivity contribution is 1.30. The van der Waals surface area contributed by atoms with E-state index in [-0.39, 0.29) is 0 Å². The van der Waals surface area contributed by atoms with Crippen molar-refractivity contribution in [3.05, 3.63) is 54.1 Å². The molecule has 2 aromatic rings. The first-order valence-electron chi connectivity index (χ1n) is 5.84. The van der Waals surface area contributed by atoms with Crippen molar-refractivity contribution in [2.45, 2.75) is 25.7 Å². The van der Waals surface area contributed by atoms with Gasteiger partial charge in [-0.3, -0.25) is 5.14 Å². The predicted octanol–water partition coefficient (Wildman–Crippen LogP) is 4.65. The summed E-state index contributed by atoms with van der Waals surface area (Å²) in [6.45, 7) is 6.08. The third kappa shape index (κ3) is 3.62. The highest BCUT2D eigenvalue weighted by molar-refractivity contribution is 7.97. The van der Waals surface area contributed by atoms with Crippen LogP contribution in [0.25, 0.3) is 11.1 Å². The van der Waals surface area contributed by atoms with Gasteiger partial charge in [-0.25, -0.2) is 0 Å². The Morgan fingerprint density at radius 2 is 1.53 bits per heavy atom. The molecule has 2 aromatic carbocycles. The largest absolute Gasteiger partial charge is 0.274 e. The maximum atomic E-state index is 5.56. The van der Waals surface area contributed by atoms with Crippen LogP contribution in [0.4, 0.5) is 0 Å². The molecular weight excluding hydrogens is 226 g/mol. The van der Waals surface area contributed by atoms with Crippen molar-refractivity contribution in [3.8, 4) is 11.1 Å². The second kappa shape index (κ2) is 7.15. The van der Waals surface area contributed by atoms with Crippen molar-refractivity contribution < 1.29 is 0 Å². The SMILES string of the molecule is CC.Cc1cc(-c2ccccc2)ccc1SN. The fourth-order valence-electron chi connectivity index (χ4n) is 1.59. The molecule has 0 aliphatic heterocycles. The van der Waals surface area contributed by atoms with Crippen LogP contribution in [0, 0.1) is 6.92 Å². The van der Waals surface area contributed by atoms with Crippen LogP contribution in [0.1, 0.15) is 19.4 Å². The van der Waals surface area contributed by atoms with Gasteiger partial charge >= 0.3 is 0 Å². The summed E-state index contributed by atoms with van der Waals surface area (Å²) in [6.07, 6.45) is 0. The second-order valence-electron chi connectivity index (χ2n) is 3.46. The van der Waals surface area contributed by atoms with Crippen LogP contribution in [0.15, 0.2) is 53.4 Å². The molecule has 90 valence electrons. The van der Waals surface area contributed by atoms with Crippen LogP contribution >= 0.6 is 11.9 Å². The first kappa shape index (κ1) is 13.8. The molecule has 2 heteroatoms. The number of hydrogen-bond acceptors (Lipinski definition) is 2. The first-order valence-corrected chi connectivity index (χ1v) is 6.72. The van der Waals surface area contributed by atoms with Crippen molar-refractivity contribution >= 4 is 11.9 Å². The van der Waals surface area contributed by atoms with Gasteiger partial charge in [-0.2, -0.15) is 0 Å². The van der Waals surface area contributed by atoms with Crippen LogP contribution in [-0.2, 0) is 0 Å². The molecule has 0 spiro atoms. The lowest BCUT2D eigenvalue weighted by Crippen LogP contribution is -1.86. The minimum Gasteiger partial charge on any atom is -0.274 e. The van der Waals surface area contributed by atoms with E-state index in [1.807, 2.05) is 19.9 Å². The van der Waals surface area contributed by atoms with Crippen LogP contribution in [0.3, 0.4) is 0 Å². The summed E-state index contributed by atoms with van der Waals surface area (Å²) in [5.41, 5.74) is 3.71. The second-order valence-corrected chi connectivity index (χ2v) is 4.14. The minimum absolute atomic E-state index is 1.13. The Labute approximate surface area is 108 Å². The normalized spacial score (nSPS) is 9.41. The Hall–Kier alpha value is -1.25. The van der Waals surface area contributed by atoms with Crippen molar-refractivity contribution in [1.29, 1.82) is 0 Å². The van der Waals surface area contributed by atoms with Gasteiger partial charge in [0.05, 0.1) is 0 Å². The van der Waals surface area contributed by atoms with E-state index in [9.17, 15) is 0 Å². The molecule has 0 aromatic heterocycles. The van der Waals surface area contributed by atoms with Gasteiger partial charge in [0.1, 0.15) is 0 Å². The van der Waals surface area contributed by atoms with E-state index in [0.717, 1.165) is 4.90 Å². The summed E-state index contributed by atoms with van der Waals surface area (Å²) in [5, 5.41) is 5.56. The fraction of sp³-hybridized carbons (Fsp3) is 0.200. The van der Waals surface area contributed by atoms with Gasteiger partial charge in [0.25, 0.3) is 0 Å². The Morgan fingerprint density at radius 3 is 2.06 bits per heavy atom. The minimum atomic E-state index is 1.13. The third-order valence-electron chi connectivity index (χ3n) is 2.41. The molecule has 0 amide bonds. The van der Waals surface area contributed by atoms with Crippen LogP contribution < -0.4 is 5.14 Å². The average molecular weight is 245 g/mol. The summed E-state index contributed by atoms with van der Waals surface area (Å²) < 4.78 is 0. The van der Waals surface area contributed by atoms with Crippen LogP contribution in [-0.4, -0.2) is 0 Å². The van der Waals surface area contributed by atoms with Gasteiger partial charge < -0.3 is 0 Å². The standard InChI is InChI=1S/C13H13NS.C2H6/c1-10-9-12(7-8-13(10)15-14)11-5-3-2-4-6-11;1-2/h2-9H,14H2,1H3;1-2H3. The average Bonchev–Trinajstić information content (AvgIpc) is 2.42. The topological polar surface area (TPSA) is 26.0 Å². The maximum absolute atomic E-state index is 5.56. The summed E-state index contributed by atoms with van der Waals surface area (Å²) >= 11 is 1.30. The van der Waals surface area contributed by atoms with E-state index in [0.29, 0.717) is 0 Å². The Morgan fingerprint density at radius 1 is 0.882 bits per heavy atom. The predicted molar refractivity (Wildman–Crippen MR) is 78.0 cm³/mol. The number of hydrogen-bond donors (Lipinski definition) is 1. The van der Waals surface area contributed by atoms with Gasteiger partial charge in [0.2, 0.25) is 0 Å². The summed E-state index contributed by atoms with van der Waals surface area (Å²) in [7, 11) is 0. The van der Waals surface area contributed by atoms with Crippen LogP contribution in [0.2, 0.25) is 0 Å². The van der Waals surface area contributed by atoms with Crippen LogP contribution in [0.5, 0.6) is 0 Å². The van der Waals surface area contributed by atoms with Gasteiger partial charge in [-0.05, 0) is 41.6 Å². The molecule has 0 atom stereocenters. The fourth-order valence-corrected chi connectivity index (χ4v) is 1.98. The zero-order chi connectivity index (χ0) is 12.7. The van der Waals surface area contributed by atoms with E-state index in [1.165, 1.54) is 28.6 Å². The quantitative estimate of drug-likeness (QED) is 0.779. The summed E-state index contributed by atoms with van der Waals surface area (Å²) in [6, 6.07) is 16.7. The number of benzene rings is 2. The van der Waals surface area contributed by atoms with Crippen molar-refractivity contribution in [3.63, 3.8) is 0 Å². The molecule has 2 rings (SSSR count). The summed E-state index contributed by atoms with van der Waals surface area (Å²) in [5.74, 6) is 0. The molecule has 0 radical (unpaired) electrons. The molecule has 0 saturated carbocycles. The summed E-state index contributed by atoms with van der Waals surface area (Å²) in [4.78, 5) is 1.13. The molecule has 2 N–H and O–H groups in total. The van der Waals surface area contributed by atoms with E-state index in [4.69, 9.17) is 5.14 Å². The van der Waals surface area contributed by atoms with Crippen molar-refractivity contribution in [2.75, 3.05) is 0 Å². The monoisotopic (exact) mass is 245 g/mol. The lowest BCUT2D eigenvalue weighted by Gasteiger charge is -2.06. The van der Waals surface area contributed by atoms with Gasteiger partial charge in [0.15, 0.2) is 0 Å². The van der Waals surface area contributed by atoms with Gasteiger partial charge in [0, 0.05) is 4.90 Å². The van der Waals surface area contributed by atoms with E-state index in [2.05, 4.69) is 49.4 Å². The molecule has 17 heavy (non-hydrogen) atoms. The highest BCUT2D eigenvalue weighted by Gasteiger charge is 2.00. The van der Waals surface area contributed by atoms with Crippen molar-refractivity contribution in [1.82, 2.24) is 0 Å². The molecule has 0 fully saturated rings. The molecule has 0 aliphatic carbocycles. The maximum Gasteiger partial charge on any atom is 0.0255 e. The Balaban J connectivity index is 0.000000686. The highest BCUT2D eigenvalue weighted by Crippen LogP contribution is 2.25. The van der Waals surface area contributed by atoms with Crippen molar-refractivity contribution in [2.24, 2.45) is 5.14 Å². The molecule has 0 bridgehead atoms. The molecule has 1 nitrogen and oxygen atoms in total. The third-order valence-corrected chi connectivity index (χ3v) is 3.12. The molecule has 0 saturated heterocycles. The molecular formula is C15H19NS. The number of nitrogens with two attached hydrogens (primary N) is 1. The smallest absolute Gasteiger partial charge is 0.0255 e. The zero-order valence-corrected chi connectivity index (χ0v) is 11.4. The van der Waals surface area contributed by atoms with E-state index < -0.39 is 0 Å². The lowest BCUT2D eigenvalue weighted by atomic mass is 10.0. The first-order chi connectivity index (χ1) is 8.31.